The molecule has 0 aliphatic heterocycles. The molecule has 0 bridgehead atoms. The van der Waals surface area contributed by atoms with Gasteiger partial charge in [-0.2, -0.15) is 0 Å². The van der Waals surface area contributed by atoms with Crippen LogP contribution in [0.25, 0.3) is 20.2 Å². The van der Waals surface area contributed by atoms with E-state index < -0.39 is 0 Å². The Morgan fingerprint density at radius 3 is 2.17 bits per heavy atom. The van der Waals surface area contributed by atoms with E-state index in [0.29, 0.717) is 0 Å². The van der Waals surface area contributed by atoms with Crippen molar-refractivity contribution < 1.29 is 0 Å². The highest BCUT2D eigenvalue weighted by atomic mass is 127. The average Bonchev–Trinajstić information content (AvgIpc) is 2.68. The monoisotopic (exact) mass is 366 g/mol. The molecular formula is C16H15IS. The molecule has 0 spiro atoms. The van der Waals surface area contributed by atoms with E-state index in [1.54, 1.807) is 0 Å². The highest BCUT2D eigenvalue weighted by Gasteiger charge is 2.19. The van der Waals surface area contributed by atoms with Crippen molar-refractivity contribution in [1.82, 2.24) is 0 Å². The van der Waals surface area contributed by atoms with Gasteiger partial charge >= 0.3 is 0 Å². The lowest BCUT2D eigenvalue weighted by atomic mass is 9.86. The molecule has 1 heterocycles. The van der Waals surface area contributed by atoms with Crippen molar-refractivity contribution in [2.45, 2.75) is 26.2 Å². The van der Waals surface area contributed by atoms with E-state index in [9.17, 15) is 0 Å². The van der Waals surface area contributed by atoms with Crippen LogP contribution >= 0.6 is 33.9 Å². The van der Waals surface area contributed by atoms with Gasteiger partial charge in [0.25, 0.3) is 0 Å². The molecule has 0 amide bonds. The summed E-state index contributed by atoms with van der Waals surface area (Å²) in [7, 11) is 0. The second-order valence-electron chi connectivity index (χ2n) is 5.65. The van der Waals surface area contributed by atoms with Crippen LogP contribution in [0.3, 0.4) is 0 Å². The first-order chi connectivity index (χ1) is 8.48. The van der Waals surface area contributed by atoms with E-state index in [1.165, 1.54) is 29.3 Å². The van der Waals surface area contributed by atoms with E-state index >= 15 is 0 Å². The summed E-state index contributed by atoms with van der Waals surface area (Å²) in [4.78, 5) is 0. The lowest BCUT2D eigenvalue weighted by Gasteiger charge is -2.19. The lowest BCUT2D eigenvalue weighted by Crippen LogP contribution is -2.10. The molecule has 18 heavy (non-hydrogen) atoms. The van der Waals surface area contributed by atoms with E-state index in [0.717, 1.165) is 0 Å². The zero-order valence-corrected chi connectivity index (χ0v) is 13.7. The number of hydrogen-bond acceptors (Lipinski definition) is 1. The van der Waals surface area contributed by atoms with Crippen molar-refractivity contribution in [1.29, 1.82) is 0 Å². The minimum absolute atomic E-state index is 0.200. The Balaban J connectivity index is 2.50. The van der Waals surface area contributed by atoms with Crippen LogP contribution < -0.4 is 0 Å². The van der Waals surface area contributed by atoms with Crippen molar-refractivity contribution in [3.63, 3.8) is 0 Å². The Labute approximate surface area is 125 Å². The number of benzene rings is 2. The maximum atomic E-state index is 2.44. The lowest BCUT2D eigenvalue weighted by molar-refractivity contribution is 0.597. The van der Waals surface area contributed by atoms with Crippen molar-refractivity contribution in [2.24, 2.45) is 0 Å². The van der Waals surface area contributed by atoms with Gasteiger partial charge in [0.1, 0.15) is 0 Å². The number of fused-ring (bicyclic) bond motifs is 3. The van der Waals surface area contributed by atoms with Crippen LogP contribution in [0.15, 0.2) is 36.4 Å². The van der Waals surface area contributed by atoms with E-state index in [-0.39, 0.29) is 5.41 Å². The van der Waals surface area contributed by atoms with Crippen LogP contribution in [0.5, 0.6) is 0 Å². The molecule has 0 saturated heterocycles. The molecule has 1 aromatic heterocycles. The first-order valence-electron chi connectivity index (χ1n) is 6.09. The van der Waals surface area contributed by atoms with Crippen molar-refractivity contribution in [3.05, 3.63) is 45.5 Å². The van der Waals surface area contributed by atoms with Gasteiger partial charge in [-0.25, -0.2) is 0 Å². The predicted octanol–water partition coefficient (Wildman–Crippen LogP) is 5.96. The summed E-state index contributed by atoms with van der Waals surface area (Å²) >= 11 is 4.37. The summed E-state index contributed by atoms with van der Waals surface area (Å²) in [6, 6.07) is 13.3. The van der Waals surface area contributed by atoms with Crippen LogP contribution in [-0.2, 0) is 5.41 Å². The summed E-state index contributed by atoms with van der Waals surface area (Å²) in [6.45, 7) is 6.87. The van der Waals surface area contributed by atoms with Gasteiger partial charge < -0.3 is 0 Å². The fourth-order valence-electron chi connectivity index (χ4n) is 2.38. The minimum atomic E-state index is 0.200. The van der Waals surface area contributed by atoms with Crippen molar-refractivity contribution in [2.75, 3.05) is 0 Å². The number of rotatable bonds is 0. The Morgan fingerprint density at radius 1 is 0.889 bits per heavy atom. The number of halogens is 1. The van der Waals surface area contributed by atoms with Crippen LogP contribution in [0.1, 0.15) is 26.3 Å². The molecule has 0 unspecified atom stereocenters. The van der Waals surface area contributed by atoms with Gasteiger partial charge in [-0.3, -0.25) is 0 Å². The summed E-state index contributed by atoms with van der Waals surface area (Å²) in [5.41, 5.74) is 1.66. The molecule has 0 N–H and O–H groups in total. The number of hydrogen-bond donors (Lipinski definition) is 0. The zero-order valence-electron chi connectivity index (χ0n) is 10.8. The smallest absolute Gasteiger partial charge is 0.0488 e. The van der Waals surface area contributed by atoms with E-state index in [2.05, 4.69) is 79.8 Å². The molecule has 92 valence electrons. The zero-order chi connectivity index (χ0) is 12.9. The van der Waals surface area contributed by atoms with E-state index in [4.69, 9.17) is 0 Å². The van der Waals surface area contributed by atoms with E-state index in [1.807, 2.05) is 11.3 Å². The minimum Gasteiger partial charge on any atom is -0.134 e. The maximum absolute atomic E-state index is 2.44. The molecular weight excluding hydrogens is 351 g/mol. The molecule has 0 saturated carbocycles. The topological polar surface area (TPSA) is 0 Å². The van der Waals surface area contributed by atoms with Crippen LogP contribution in [-0.4, -0.2) is 0 Å². The highest BCUT2D eigenvalue weighted by Crippen LogP contribution is 2.41. The standard InChI is InChI=1S/C16H15IS/c1-16(2,3)12-8-4-6-10-11-7-5-9-13(17)15(11)18-14(10)12/h4-9H,1-3H3. The first-order valence-corrected chi connectivity index (χ1v) is 7.98. The van der Waals surface area contributed by atoms with Gasteiger partial charge in [-0.05, 0) is 39.6 Å². The molecule has 0 aliphatic rings. The average molecular weight is 366 g/mol. The molecule has 3 rings (SSSR count). The first kappa shape index (κ1) is 12.4. The Morgan fingerprint density at radius 2 is 1.50 bits per heavy atom. The molecule has 3 aromatic rings. The van der Waals surface area contributed by atoms with Gasteiger partial charge in [0, 0.05) is 23.7 Å². The quantitative estimate of drug-likeness (QED) is 0.431. The van der Waals surface area contributed by atoms with Gasteiger partial charge in [-0.15, -0.1) is 11.3 Å². The molecule has 0 aliphatic carbocycles. The SMILES string of the molecule is CC(C)(C)c1cccc2c1sc1c(I)cccc12. The van der Waals surface area contributed by atoms with Gasteiger partial charge in [0.05, 0.1) is 0 Å². The third-order valence-corrected chi connectivity index (χ3v) is 5.84. The molecule has 0 atom stereocenters. The highest BCUT2D eigenvalue weighted by molar-refractivity contribution is 14.1. The second-order valence-corrected chi connectivity index (χ2v) is 7.83. The molecule has 2 heteroatoms. The number of thiophene rings is 1. The Hall–Kier alpha value is -0.610. The fourth-order valence-corrected chi connectivity index (χ4v) is 4.63. The largest absolute Gasteiger partial charge is 0.134 e. The van der Waals surface area contributed by atoms with Crippen molar-refractivity contribution in [3.8, 4) is 0 Å². The summed E-state index contributed by atoms with van der Waals surface area (Å²) < 4.78 is 4.22. The Kier molecular flexibility index (Phi) is 2.90. The molecule has 2 aromatic carbocycles. The normalized spacial score (nSPS) is 12.4. The third-order valence-electron chi connectivity index (χ3n) is 3.28. The van der Waals surface area contributed by atoms with Gasteiger partial charge in [-0.1, -0.05) is 51.1 Å². The predicted molar refractivity (Wildman–Crippen MR) is 90.7 cm³/mol. The van der Waals surface area contributed by atoms with Crippen LogP contribution in [0.4, 0.5) is 0 Å². The summed E-state index contributed by atoms with van der Waals surface area (Å²) in [6.07, 6.45) is 0. The third kappa shape index (κ3) is 1.86. The summed E-state index contributed by atoms with van der Waals surface area (Å²) in [5, 5.41) is 2.80. The second kappa shape index (κ2) is 4.20. The maximum Gasteiger partial charge on any atom is 0.0488 e. The molecule has 0 fully saturated rings. The fraction of sp³-hybridized carbons (Fsp3) is 0.250. The van der Waals surface area contributed by atoms with Crippen LogP contribution in [0, 0.1) is 3.57 Å². The Bertz CT molecular complexity index is 732. The molecule has 0 radical (unpaired) electrons. The van der Waals surface area contributed by atoms with Crippen molar-refractivity contribution >= 4 is 54.1 Å². The van der Waals surface area contributed by atoms with Gasteiger partial charge in [0.15, 0.2) is 0 Å². The van der Waals surface area contributed by atoms with Gasteiger partial charge in [0.2, 0.25) is 0 Å². The molecule has 0 nitrogen and oxygen atoms in total. The summed E-state index contributed by atoms with van der Waals surface area (Å²) in [5.74, 6) is 0. The van der Waals surface area contributed by atoms with Crippen LogP contribution in [0.2, 0.25) is 0 Å².